The Kier molecular flexibility index (Phi) is 5.35. The van der Waals surface area contributed by atoms with Crippen molar-refractivity contribution in [2.24, 2.45) is 0 Å². The van der Waals surface area contributed by atoms with Crippen LogP contribution in [0.5, 0.6) is 5.75 Å². The van der Waals surface area contributed by atoms with Crippen molar-refractivity contribution in [2.45, 2.75) is 11.3 Å². The fourth-order valence-electron chi connectivity index (χ4n) is 3.64. The number of carbonyl (C=O) groups is 1. The lowest BCUT2D eigenvalue weighted by atomic mass is 10.1. The van der Waals surface area contributed by atoms with E-state index in [-0.39, 0.29) is 10.8 Å². The maximum atomic E-state index is 12.7. The Morgan fingerprint density at radius 1 is 1.00 bits per heavy atom. The Labute approximate surface area is 195 Å². The molecular formula is C24H19N3O4S2. The van der Waals surface area contributed by atoms with Crippen LogP contribution < -0.4 is 14.8 Å². The average molecular weight is 478 g/mol. The van der Waals surface area contributed by atoms with Crippen molar-refractivity contribution in [1.29, 1.82) is 0 Å². The Morgan fingerprint density at radius 2 is 1.73 bits per heavy atom. The number of benzene rings is 3. The van der Waals surface area contributed by atoms with Gasteiger partial charge in [-0.05, 0) is 54.1 Å². The van der Waals surface area contributed by atoms with Gasteiger partial charge in [-0.2, -0.15) is 0 Å². The second-order valence-electron chi connectivity index (χ2n) is 7.44. The van der Waals surface area contributed by atoms with Gasteiger partial charge in [0.05, 0.1) is 17.7 Å². The Balaban J connectivity index is 1.27. The van der Waals surface area contributed by atoms with Gasteiger partial charge in [0.2, 0.25) is 0 Å². The molecule has 0 saturated heterocycles. The number of ether oxygens (including phenoxy) is 1. The minimum absolute atomic E-state index is 0.114. The number of aromatic nitrogens is 1. The predicted molar refractivity (Wildman–Crippen MR) is 129 cm³/mol. The highest BCUT2D eigenvalue weighted by Crippen LogP contribution is 2.40. The molecule has 1 heterocycles. The second kappa shape index (κ2) is 8.34. The average Bonchev–Trinajstić information content (AvgIpc) is 3.36. The minimum atomic E-state index is -3.76. The number of carbonyl (C=O) groups excluding carboxylic acids is 1. The number of fused-ring (bicyclic) bond motifs is 3. The number of nitrogens with zero attached hydrogens (tertiary/aromatic N) is 1. The number of rotatable bonds is 6. The molecule has 0 radical (unpaired) electrons. The molecule has 9 heteroatoms. The lowest BCUT2D eigenvalue weighted by Gasteiger charge is -2.09. The number of hydrogen-bond donors (Lipinski definition) is 2. The van der Waals surface area contributed by atoms with Crippen LogP contribution in [0.3, 0.4) is 0 Å². The molecule has 166 valence electrons. The third-order valence-electron chi connectivity index (χ3n) is 5.31. The lowest BCUT2D eigenvalue weighted by molar-refractivity contribution is 0.102. The van der Waals surface area contributed by atoms with Crippen molar-refractivity contribution in [3.05, 3.63) is 88.8 Å². The molecule has 33 heavy (non-hydrogen) atoms. The van der Waals surface area contributed by atoms with Gasteiger partial charge in [-0.15, -0.1) is 11.3 Å². The van der Waals surface area contributed by atoms with E-state index >= 15 is 0 Å². The monoisotopic (exact) mass is 477 g/mol. The molecule has 1 aromatic heterocycles. The van der Waals surface area contributed by atoms with Gasteiger partial charge in [-0.25, -0.2) is 13.4 Å². The van der Waals surface area contributed by atoms with Crippen LogP contribution in [0.25, 0.3) is 11.3 Å². The van der Waals surface area contributed by atoms with E-state index in [2.05, 4.69) is 21.1 Å². The molecule has 0 unspecified atom stereocenters. The summed E-state index contributed by atoms with van der Waals surface area (Å²) in [5.41, 5.74) is 4.04. The molecular weight excluding hydrogens is 458 g/mol. The van der Waals surface area contributed by atoms with Gasteiger partial charge >= 0.3 is 0 Å². The molecule has 1 amide bonds. The summed E-state index contributed by atoms with van der Waals surface area (Å²) in [6.07, 6.45) is 0.822. The van der Waals surface area contributed by atoms with E-state index in [1.807, 2.05) is 18.2 Å². The SMILES string of the molecule is COc1ccc(S(=O)(=O)Nc2ccc(C(=O)Nc3nc4c(s3)Cc3ccccc3-4)cc2)cc1. The topological polar surface area (TPSA) is 97.4 Å². The molecule has 1 aliphatic carbocycles. The number of hydrogen-bond acceptors (Lipinski definition) is 6. The standard InChI is InChI=1S/C24H19N3O4S2/c1-31-18-10-12-19(13-11-18)33(29,30)27-17-8-6-15(7-9-17)23(28)26-24-25-22-20-5-3-2-4-16(20)14-21(22)32-24/h2-13,27H,14H2,1H3,(H,25,26,28). The molecule has 5 rings (SSSR count). The molecule has 0 atom stereocenters. The van der Waals surface area contributed by atoms with Gasteiger partial charge in [0.1, 0.15) is 5.75 Å². The summed E-state index contributed by atoms with van der Waals surface area (Å²) >= 11 is 1.47. The number of nitrogens with one attached hydrogen (secondary N) is 2. The van der Waals surface area contributed by atoms with Crippen LogP contribution in [0.4, 0.5) is 10.8 Å². The smallest absolute Gasteiger partial charge is 0.261 e. The quantitative estimate of drug-likeness (QED) is 0.367. The zero-order valence-electron chi connectivity index (χ0n) is 17.5. The zero-order chi connectivity index (χ0) is 23.0. The van der Waals surface area contributed by atoms with Crippen molar-refractivity contribution in [2.75, 3.05) is 17.1 Å². The van der Waals surface area contributed by atoms with E-state index in [1.54, 1.807) is 36.4 Å². The number of methoxy groups -OCH3 is 1. The van der Waals surface area contributed by atoms with Crippen LogP contribution in [0, 0.1) is 0 Å². The van der Waals surface area contributed by atoms with E-state index in [0.29, 0.717) is 22.1 Å². The molecule has 0 fully saturated rings. The van der Waals surface area contributed by atoms with Gasteiger partial charge in [-0.3, -0.25) is 14.8 Å². The maximum absolute atomic E-state index is 12.7. The second-order valence-corrected chi connectivity index (χ2v) is 10.2. The van der Waals surface area contributed by atoms with Crippen molar-refractivity contribution >= 4 is 38.1 Å². The predicted octanol–water partition coefficient (Wildman–Crippen LogP) is 4.78. The number of thiazole rings is 1. The zero-order valence-corrected chi connectivity index (χ0v) is 19.2. The number of anilines is 2. The van der Waals surface area contributed by atoms with E-state index < -0.39 is 10.0 Å². The van der Waals surface area contributed by atoms with Crippen LogP contribution in [-0.4, -0.2) is 26.4 Å². The van der Waals surface area contributed by atoms with Crippen molar-refractivity contribution < 1.29 is 17.9 Å². The molecule has 0 saturated carbocycles. The molecule has 1 aliphatic rings. The first-order valence-electron chi connectivity index (χ1n) is 10.1. The molecule has 0 aliphatic heterocycles. The molecule has 0 bridgehead atoms. The van der Waals surface area contributed by atoms with Crippen LogP contribution in [0.1, 0.15) is 20.8 Å². The summed E-state index contributed by atoms with van der Waals surface area (Å²) in [5.74, 6) is 0.263. The first-order chi connectivity index (χ1) is 15.9. The first-order valence-corrected chi connectivity index (χ1v) is 12.4. The van der Waals surface area contributed by atoms with Crippen molar-refractivity contribution in [3.8, 4) is 17.0 Å². The van der Waals surface area contributed by atoms with Gasteiger partial charge in [0, 0.05) is 28.1 Å². The summed E-state index contributed by atoms with van der Waals surface area (Å²) < 4.78 is 32.7. The van der Waals surface area contributed by atoms with Crippen LogP contribution in [0.15, 0.2) is 77.7 Å². The maximum Gasteiger partial charge on any atom is 0.261 e. The highest BCUT2D eigenvalue weighted by molar-refractivity contribution is 7.92. The van der Waals surface area contributed by atoms with Crippen LogP contribution in [0.2, 0.25) is 0 Å². The fourth-order valence-corrected chi connectivity index (χ4v) is 5.69. The summed E-state index contributed by atoms with van der Waals surface area (Å²) in [6, 6.07) is 20.4. The minimum Gasteiger partial charge on any atom is -0.497 e. The van der Waals surface area contributed by atoms with E-state index in [0.717, 1.165) is 22.6 Å². The third-order valence-corrected chi connectivity index (χ3v) is 7.68. The molecule has 3 aromatic carbocycles. The lowest BCUT2D eigenvalue weighted by Crippen LogP contribution is -2.14. The normalized spacial score (nSPS) is 12.0. The summed E-state index contributed by atoms with van der Waals surface area (Å²) in [6.45, 7) is 0. The number of amides is 1. The van der Waals surface area contributed by atoms with E-state index in [9.17, 15) is 13.2 Å². The van der Waals surface area contributed by atoms with Crippen molar-refractivity contribution in [1.82, 2.24) is 4.98 Å². The van der Waals surface area contributed by atoms with Crippen molar-refractivity contribution in [3.63, 3.8) is 0 Å². The van der Waals surface area contributed by atoms with Gasteiger partial charge in [0.15, 0.2) is 5.13 Å². The first kappa shape index (κ1) is 21.2. The fraction of sp³-hybridized carbons (Fsp3) is 0.0833. The Bertz CT molecular complexity index is 1440. The Hall–Kier alpha value is -3.69. The van der Waals surface area contributed by atoms with E-state index in [1.165, 1.54) is 36.1 Å². The molecule has 2 N–H and O–H groups in total. The summed E-state index contributed by atoms with van der Waals surface area (Å²) in [4.78, 5) is 18.5. The van der Waals surface area contributed by atoms with E-state index in [4.69, 9.17) is 4.74 Å². The highest BCUT2D eigenvalue weighted by atomic mass is 32.2. The Morgan fingerprint density at radius 3 is 2.45 bits per heavy atom. The van der Waals surface area contributed by atoms with Gasteiger partial charge in [0.25, 0.3) is 15.9 Å². The third kappa shape index (κ3) is 4.20. The van der Waals surface area contributed by atoms with Gasteiger partial charge < -0.3 is 4.74 Å². The molecule has 0 spiro atoms. The number of sulfonamides is 1. The molecule has 7 nitrogen and oxygen atoms in total. The summed E-state index contributed by atoms with van der Waals surface area (Å²) in [5, 5.41) is 3.39. The van der Waals surface area contributed by atoms with Gasteiger partial charge in [-0.1, -0.05) is 24.3 Å². The highest BCUT2D eigenvalue weighted by Gasteiger charge is 2.23. The van der Waals surface area contributed by atoms with Crippen LogP contribution >= 0.6 is 11.3 Å². The van der Waals surface area contributed by atoms with Crippen LogP contribution in [-0.2, 0) is 16.4 Å². The summed E-state index contributed by atoms with van der Waals surface area (Å²) in [7, 11) is -2.24. The molecule has 4 aromatic rings. The largest absolute Gasteiger partial charge is 0.497 e.